The Balaban J connectivity index is 1.54. The molecule has 0 unspecified atom stereocenters. The lowest BCUT2D eigenvalue weighted by Gasteiger charge is -2.36. The average Bonchev–Trinajstić information content (AvgIpc) is 2.91. The first kappa shape index (κ1) is 20.4. The highest BCUT2D eigenvalue weighted by molar-refractivity contribution is 6.03. The third-order valence-corrected chi connectivity index (χ3v) is 6.68. The fourth-order valence-corrected chi connectivity index (χ4v) is 4.84. The molecule has 0 fully saturated rings. The van der Waals surface area contributed by atoms with Crippen molar-refractivity contribution in [3.8, 4) is 17.2 Å². The fraction of sp³-hybridized carbons (Fsp3) is 0.0968. The topological polar surface area (TPSA) is 27.7 Å². The minimum absolute atomic E-state index is 0.768. The Hall–Kier alpha value is -4.24. The van der Waals surface area contributed by atoms with Crippen LogP contribution in [-0.4, -0.2) is 14.2 Å². The van der Waals surface area contributed by atoms with Crippen LogP contribution in [0.1, 0.15) is 16.7 Å². The van der Waals surface area contributed by atoms with E-state index in [-0.39, 0.29) is 0 Å². The van der Waals surface area contributed by atoms with Gasteiger partial charge in [0.2, 0.25) is 0 Å². The summed E-state index contributed by atoms with van der Waals surface area (Å²) >= 11 is 0. The number of hydrogen-bond donors (Lipinski definition) is 0. The van der Waals surface area contributed by atoms with Gasteiger partial charge in [0, 0.05) is 16.7 Å². The molecular weight excluding hydrogens is 420 g/mol. The highest BCUT2D eigenvalue weighted by Crippen LogP contribution is 2.45. The summed E-state index contributed by atoms with van der Waals surface area (Å²) in [4.78, 5) is 0. The van der Waals surface area contributed by atoms with Crippen LogP contribution in [0.15, 0.2) is 103 Å². The van der Waals surface area contributed by atoms with Gasteiger partial charge in [0.25, 0.3) is 0 Å². The van der Waals surface area contributed by atoms with Gasteiger partial charge in [0.05, 0.1) is 14.2 Å². The summed E-state index contributed by atoms with van der Waals surface area (Å²) in [6.45, 7) is 0. The molecule has 34 heavy (non-hydrogen) atoms. The van der Waals surface area contributed by atoms with Crippen LogP contribution in [0.4, 0.5) is 0 Å². The zero-order valence-electron chi connectivity index (χ0n) is 19.1. The molecule has 1 aliphatic rings. The first-order valence-corrected chi connectivity index (χ1v) is 11.3. The number of benzene rings is 5. The summed E-state index contributed by atoms with van der Waals surface area (Å²) in [5.74, 6) is 2.48. The van der Waals surface area contributed by atoms with Crippen LogP contribution in [0.25, 0.3) is 27.6 Å². The molecule has 0 N–H and O–H groups in total. The van der Waals surface area contributed by atoms with Crippen LogP contribution in [0.3, 0.4) is 0 Å². The number of fused-ring (bicyclic) bond motifs is 4. The molecule has 6 rings (SSSR count). The third kappa shape index (κ3) is 3.20. The molecule has 5 aromatic carbocycles. The molecule has 0 radical (unpaired) electrons. The van der Waals surface area contributed by atoms with E-state index in [1.54, 1.807) is 14.2 Å². The van der Waals surface area contributed by atoms with Gasteiger partial charge in [0.15, 0.2) is 5.60 Å². The molecule has 0 atom stereocenters. The fourth-order valence-electron chi connectivity index (χ4n) is 4.84. The van der Waals surface area contributed by atoms with Crippen LogP contribution in [0.5, 0.6) is 17.2 Å². The van der Waals surface area contributed by atoms with E-state index in [0.29, 0.717) is 0 Å². The van der Waals surface area contributed by atoms with Crippen molar-refractivity contribution in [2.24, 2.45) is 0 Å². The second-order valence-corrected chi connectivity index (χ2v) is 8.53. The monoisotopic (exact) mass is 444 g/mol. The lowest BCUT2D eigenvalue weighted by atomic mass is 9.83. The van der Waals surface area contributed by atoms with Crippen molar-refractivity contribution in [3.63, 3.8) is 0 Å². The second-order valence-electron chi connectivity index (χ2n) is 8.53. The summed E-state index contributed by atoms with van der Waals surface area (Å²) < 4.78 is 17.7. The molecule has 0 spiro atoms. The predicted molar refractivity (Wildman–Crippen MR) is 138 cm³/mol. The van der Waals surface area contributed by atoms with Gasteiger partial charge in [0.1, 0.15) is 17.2 Å². The first-order chi connectivity index (χ1) is 16.7. The molecule has 0 saturated carbocycles. The minimum Gasteiger partial charge on any atom is -0.497 e. The molecular formula is C31H24O3. The maximum atomic E-state index is 6.89. The van der Waals surface area contributed by atoms with Crippen molar-refractivity contribution < 1.29 is 14.2 Å². The SMILES string of the molecule is COc1ccc(C2(c3ccc(OC)cc3)C=Cc3c(ccc4cc5ccccc5cc34)O2)cc1. The van der Waals surface area contributed by atoms with Crippen LogP contribution >= 0.6 is 0 Å². The summed E-state index contributed by atoms with van der Waals surface area (Å²) in [7, 11) is 3.35. The summed E-state index contributed by atoms with van der Waals surface area (Å²) in [5.41, 5.74) is 2.38. The van der Waals surface area contributed by atoms with Crippen molar-refractivity contribution in [3.05, 3.63) is 120 Å². The lowest BCUT2D eigenvalue weighted by Crippen LogP contribution is -2.34. The maximum absolute atomic E-state index is 6.89. The Morgan fingerprint density at radius 3 is 1.79 bits per heavy atom. The molecule has 166 valence electrons. The molecule has 3 nitrogen and oxygen atoms in total. The predicted octanol–water partition coefficient (Wildman–Crippen LogP) is 7.36. The van der Waals surface area contributed by atoms with E-state index >= 15 is 0 Å². The molecule has 1 heterocycles. The molecule has 1 aliphatic heterocycles. The van der Waals surface area contributed by atoms with Gasteiger partial charge < -0.3 is 14.2 Å². The molecule has 0 amide bonds. The number of methoxy groups -OCH3 is 2. The smallest absolute Gasteiger partial charge is 0.178 e. The Labute approximate surface area is 198 Å². The molecule has 0 aliphatic carbocycles. The van der Waals surface area contributed by atoms with E-state index in [4.69, 9.17) is 14.2 Å². The van der Waals surface area contributed by atoms with Crippen LogP contribution in [-0.2, 0) is 5.60 Å². The Morgan fingerprint density at radius 1 is 0.618 bits per heavy atom. The normalized spacial score (nSPS) is 13.9. The Bertz CT molecular complexity index is 1480. The molecule has 5 aromatic rings. The van der Waals surface area contributed by atoms with E-state index in [9.17, 15) is 0 Å². The highest BCUT2D eigenvalue weighted by atomic mass is 16.5. The molecule has 0 bridgehead atoms. The molecule has 3 heteroatoms. The Kier molecular flexibility index (Phi) is 4.77. The van der Waals surface area contributed by atoms with Crippen molar-refractivity contribution in [2.45, 2.75) is 5.60 Å². The van der Waals surface area contributed by atoms with Gasteiger partial charge in [-0.05, 0) is 76.2 Å². The lowest BCUT2D eigenvalue weighted by molar-refractivity contribution is 0.161. The van der Waals surface area contributed by atoms with E-state index in [1.165, 1.54) is 21.5 Å². The van der Waals surface area contributed by atoms with Gasteiger partial charge in [-0.1, -0.05) is 54.6 Å². The van der Waals surface area contributed by atoms with E-state index < -0.39 is 5.60 Å². The van der Waals surface area contributed by atoms with Gasteiger partial charge in [-0.3, -0.25) is 0 Å². The van der Waals surface area contributed by atoms with Crippen LogP contribution < -0.4 is 14.2 Å². The van der Waals surface area contributed by atoms with Gasteiger partial charge in [-0.25, -0.2) is 0 Å². The summed E-state index contributed by atoms with van der Waals surface area (Å²) in [5, 5.41) is 4.85. The standard InChI is InChI=1S/C31H24O3/c1-32-26-12-8-24(9-13-26)31(25-10-14-27(33-2)15-11-25)18-17-28-29-20-22-6-4-3-5-21(22)19-23(29)7-16-30(28)34-31/h3-20H,1-2H3. The zero-order chi connectivity index (χ0) is 23.1. The quantitative estimate of drug-likeness (QED) is 0.271. The number of hydrogen-bond acceptors (Lipinski definition) is 3. The van der Waals surface area contributed by atoms with Gasteiger partial charge in [-0.15, -0.1) is 0 Å². The van der Waals surface area contributed by atoms with Crippen LogP contribution in [0.2, 0.25) is 0 Å². The highest BCUT2D eigenvalue weighted by Gasteiger charge is 2.37. The Morgan fingerprint density at radius 2 is 1.21 bits per heavy atom. The number of rotatable bonds is 4. The van der Waals surface area contributed by atoms with Crippen LogP contribution in [0, 0.1) is 0 Å². The van der Waals surface area contributed by atoms with Crippen molar-refractivity contribution in [1.29, 1.82) is 0 Å². The van der Waals surface area contributed by atoms with E-state index in [2.05, 4.69) is 84.9 Å². The second kappa shape index (κ2) is 7.96. The minimum atomic E-state index is -0.768. The zero-order valence-corrected chi connectivity index (χ0v) is 19.1. The van der Waals surface area contributed by atoms with E-state index in [1.807, 2.05) is 24.3 Å². The van der Waals surface area contributed by atoms with E-state index in [0.717, 1.165) is 33.9 Å². The van der Waals surface area contributed by atoms with Crippen molar-refractivity contribution >= 4 is 27.6 Å². The van der Waals surface area contributed by atoms with Gasteiger partial charge in [-0.2, -0.15) is 0 Å². The summed E-state index contributed by atoms with van der Waals surface area (Å²) in [6.07, 6.45) is 4.36. The van der Waals surface area contributed by atoms with Gasteiger partial charge >= 0.3 is 0 Å². The van der Waals surface area contributed by atoms with Crippen molar-refractivity contribution in [2.75, 3.05) is 14.2 Å². The van der Waals surface area contributed by atoms with Crippen molar-refractivity contribution in [1.82, 2.24) is 0 Å². The third-order valence-electron chi connectivity index (χ3n) is 6.68. The largest absolute Gasteiger partial charge is 0.497 e. The molecule has 0 aromatic heterocycles. The maximum Gasteiger partial charge on any atom is 0.178 e. The number of ether oxygens (including phenoxy) is 3. The molecule has 0 saturated heterocycles. The average molecular weight is 445 g/mol. The summed E-state index contributed by atoms with van der Waals surface area (Å²) in [6, 6.07) is 33.3. The first-order valence-electron chi connectivity index (χ1n) is 11.3.